The molecule has 1 aliphatic heterocycles. The number of hydrogen-bond acceptors (Lipinski definition) is 7. The first-order chi connectivity index (χ1) is 16.4. The maximum atomic E-state index is 12.9. The molecule has 1 saturated heterocycles. The molecule has 0 unspecified atom stereocenters. The lowest BCUT2D eigenvalue weighted by Crippen LogP contribution is -2.17. The van der Waals surface area contributed by atoms with Gasteiger partial charge in [0.15, 0.2) is 5.69 Å². The van der Waals surface area contributed by atoms with Gasteiger partial charge in [-0.15, -0.1) is 0 Å². The Morgan fingerprint density at radius 2 is 1.85 bits per heavy atom. The highest BCUT2D eigenvalue weighted by atomic mass is 32.2. The van der Waals surface area contributed by atoms with Crippen LogP contribution < -0.4 is 14.9 Å². The smallest absolute Gasteiger partial charge is 0.276 e. The van der Waals surface area contributed by atoms with Crippen molar-refractivity contribution >= 4 is 44.0 Å². The Balaban J connectivity index is 1.39. The van der Waals surface area contributed by atoms with E-state index in [4.69, 9.17) is 0 Å². The lowest BCUT2D eigenvalue weighted by molar-refractivity contribution is 0.102. The molecule has 0 saturated carbocycles. The first-order valence-electron chi connectivity index (χ1n) is 10.8. The zero-order valence-corrected chi connectivity index (χ0v) is 19.3. The van der Waals surface area contributed by atoms with Crippen LogP contribution in [0.3, 0.4) is 0 Å². The van der Waals surface area contributed by atoms with E-state index in [0.29, 0.717) is 11.1 Å². The van der Waals surface area contributed by atoms with Gasteiger partial charge in [0.2, 0.25) is 10.0 Å². The van der Waals surface area contributed by atoms with Gasteiger partial charge in [-0.05, 0) is 48.7 Å². The normalized spacial score (nSPS) is 13.9. The van der Waals surface area contributed by atoms with Gasteiger partial charge in [-0.25, -0.2) is 13.4 Å². The molecule has 0 atom stereocenters. The number of aromatic nitrogens is 4. The fourth-order valence-corrected chi connectivity index (χ4v) is 4.51. The zero-order valence-electron chi connectivity index (χ0n) is 18.4. The predicted octanol–water partition coefficient (Wildman–Crippen LogP) is 3.24. The molecule has 10 nitrogen and oxygen atoms in total. The van der Waals surface area contributed by atoms with Gasteiger partial charge in [0, 0.05) is 30.2 Å². The average molecular weight is 478 g/mol. The largest absolute Gasteiger partial charge is 0.370 e. The molecule has 3 N–H and O–H groups in total. The topological polar surface area (TPSA) is 133 Å². The van der Waals surface area contributed by atoms with Crippen molar-refractivity contribution in [1.29, 1.82) is 0 Å². The number of rotatable bonds is 6. The third-order valence-electron chi connectivity index (χ3n) is 5.62. The second-order valence-electron chi connectivity index (χ2n) is 8.22. The molecule has 11 heteroatoms. The monoisotopic (exact) mass is 477 g/mol. The van der Waals surface area contributed by atoms with E-state index in [0.717, 1.165) is 41.7 Å². The number of nitrogens with one attached hydrogen (secondary N) is 3. The van der Waals surface area contributed by atoms with Gasteiger partial charge >= 0.3 is 0 Å². The van der Waals surface area contributed by atoms with Crippen molar-refractivity contribution < 1.29 is 13.2 Å². The molecular formula is C23H23N7O3S. The number of sulfonamides is 1. The number of nitrogens with zero attached hydrogens (tertiary/aromatic N) is 4. The number of hydrogen-bond donors (Lipinski definition) is 3. The SMILES string of the molecule is CS(=O)(=O)Nc1ccc(NC(=O)c2n[nH]c3ccc(-c4cncc(N5CCCC5)c4)cc23)cn1. The van der Waals surface area contributed by atoms with Crippen LogP contribution in [0.2, 0.25) is 0 Å². The van der Waals surface area contributed by atoms with Gasteiger partial charge in [0.05, 0.1) is 35.5 Å². The number of amides is 1. The molecule has 1 amide bonds. The molecule has 0 aliphatic carbocycles. The summed E-state index contributed by atoms with van der Waals surface area (Å²) in [6, 6.07) is 11.0. The van der Waals surface area contributed by atoms with Gasteiger partial charge in [-0.1, -0.05) is 6.07 Å². The molecule has 0 radical (unpaired) electrons. The molecule has 1 fully saturated rings. The van der Waals surface area contributed by atoms with Gasteiger partial charge < -0.3 is 10.2 Å². The summed E-state index contributed by atoms with van der Waals surface area (Å²) in [6.45, 7) is 2.08. The minimum Gasteiger partial charge on any atom is -0.370 e. The lowest BCUT2D eigenvalue weighted by Gasteiger charge is -2.17. The third-order valence-corrected chi connectivity index (χ3v) is 6.20. The number of anilines is 3. The van der Waals surface area contributed by atoms with E-state index in [1.54, 1.807) is 6.07 Å². The molecule has 1 aromatic carbocycles. The van der Waals surface area contributed by atoms with Crippen LogP contribution in [-0.2, 0) is 10.0 Å². The van der Waals surface area contributed by atoms with Gasteiger partial charge in [-0.3, -0.25) is 19.6 Å². The molecule has 4 aromatic rings. The summed E-state index contributed by atoms with van der Waals surface area (Å²) in [5.74, 6) is -0.238. The van der Waals surface area contributed by atoms with Crippen LogP contribution in [0.25, 0.3) is 22.0 Å². The van der Waals surface area contributed by atoms with Crippen LogP contribution in [-0.4, -0.2) is 53.8 Å². The standard InChI is InChI=1S/C23H23N7O3S/c1-34(32,33)29-21-7-5-17(13-25-21)26-23(31)22-19-11-15(4-6-20(19)27-28-22)16-10-18(14-24-12-16)30-8-2-3-9-30/h4-7,10-14H,2-3,8-9H2,1H3,(H,25,29)(H,26,31)(H,27,28). The summed E-state index contributed by atoms with van der Waals surface area (Å²) in [6.07, 6.45) is 8.50. The Bertz CT molecular complexity index is 1460. The molecule has 174 valence electrons. The maximum Gasteiger partial charge on any atom is 0.276 e. The predicted molar refractivity (Wildman–Crippen MR) is 131 cm³/mol. The van der Waals surface area contributed by atoms with Crippen LogP contribution in [0.4, 0.5) is 17.2 Å². The Morgan fingerprint density at radius 3 is 2.59 bits per heavy atom. The summed E-state index contributed by atoms with van der Waals surface area (Å²) in [5.41, 5.74) is 4.41. The van der Waals surface area contributed by atoms with Crippen LogP contribution in [0, 0.1) is 0 Å². The highest BCUT2D eigenvalue weighted by Gasteiger charge is 2.17. The van der Waals surface area contributed by atoms with Crippen molar-refractivity contribution in [1.82, 2.24) is 20.2 Å². The second kappa shape index (κ2) is 8.75. The number of carbonyl (C=O) groups is 1. The Kier molecular flexibility index (Phi) is 5.62. The second-order valence-corrected chi connectivity index (χ2v) is 9.97. The van der Waals surface area contributed by atoms with Crippen molar-refractivity contribution in [3.63, 3.8) is 0 Å². The van der Waals surface area contributed by atoms with Gasteiger partial charge in [-0.2, -0.15) is 5.10 Å². The Hall–Kier alpha value is -3.99. The van der Waals surface area contributed by atoms with Gasteiger partial charge in [0.25, 0.3) is 5.91 Å². The molecule has 5 rings (SSSR count). The van der Waals surface area contributed by atoms with Gasteiger partial charge in [0.1, 0.15) is 5.82 Å². The van der Waals surface area contributed by atoms with E-state index in [9.17, 15) is 13.2 Å². The van der Waals surface area contributed by atoms with Crippen LogP contribution >= 0.6 is 0 Å². The summed E-state index contributed by atoms with van der Waals surface area (Å²) in [5, 5.41) is 10.5. The van der Waals surface area contributed by atoms with E-state index in [-0.39, 0.29) is 11.5 Å². The molecule has 3 aromatic heterocycles. The lowest BCUT2D eigenvalue weighted by atomic mass is 10.0. The van der Waals surface area contributed by atoms with Crippen molar-refractivity contribution in [2.45, 2.75) is 12.8 Å². The van der Waals surface area contributed by atoms with Crippen molar-refractivity contribution in [2.24, 2.45) is 0 Å². The average Bonchev–Trinajstić information content (AvgIpc) is 3.49. The summed E-state index contributed by atoms with van der Waals surface area (Å²) in [4.78, 5) is 23.7. The van der Waals surface area contributed by atoms with E-state index in [2.05, 4.69) is 41.2 Å². The molecule has 4 heterocycles. The van der Waals surface area contributed by atoms with E-state index >= 15 is 0 Å². The summed E-state index contributed by atoms with van der Waals surface area (Å²) in [7, 11) is -3.43. The molecule has 34 heavy (non-hydrogen) atoms. The van der Waals surface area contributed by atoms with Crippen molar-refractivity contribution in [3.05, 3.63) is 60.7 Å². The van der Waals surface area contributed by atoms with Crippen LogP contribution in [0.1, 0.15) is 23.3 Å². The molecule has 0 spiro atoms. The maximum absolute atomic E-state index is 12.9. The zero-order chi connectivity index (χ0) is 23.7. The van der Waals surface area contributed by atoms with E-state index < -0.39 is 15.9 Å². The number of fused-ring (bicyclic) bond motifs is 1. The summed E-state index contributed by atoms with van der Waals surface area (Å²) >= 11 is 0. The van der Waals surface area contributed by atoms with E-state index in [1.165, 1.54) is 25.1 Å². The number of H-pyrrole nitrogens is 1. The van der Waals surface area contributed by atoms with Crippen LogP contribution in [0.15, 0.2) is 55.0 Å². The van der Waals surface area contributed by atoms with E-state index in [1.807, 2.05) is 30.6 Å². The third kappa shape index (κ3) is 4.69. The highest BCUT2D eigenvalue weighted by molar-refractivity contribution is 7.92. The molecule has 1 aliphatic rings. The van der Waals surface area contributed by atoms with Crippen LogP contribution in [0.5, 0.6) is 0 Å². The quantitative estimate of drug-likeness (QED) is 0.388. The number of benzene rings is 1. The fraction of sp³-hybridized carbons (Fsp3) is 0.217. The van der Waals surface area contributed by atoms with Crippen molar-refractivity contribution in [3.8, 4) is 11.1 Å². The number of aromatic amines is 1. The minimum atomic E-state index is -3.43. The molecular weight excluding hydrogens is 454 g/mol. The summed E-state index contributed by atoms with van der Waals surface area (Å²) < 4.78 is 24.9. The fourth-order valence-electron chi connectivity index (χ4n) is 4.01. The Labute approximate surface area is 196 Å². The number of carbonyl (C=O) groups excluding carboxylic acids is 1. The Morgan fingerprint density at radius 1 is 1.03 bits per heavy atom. The number of pyridine rings is 2. The van der Waals surface area contributed by atoms with Crippen molar-refractivity contribution in [2.75, 3.05) is 34.3 Å². The minimum absolute atomic E-state index is 0.167. The highest BCUT2D eigenvalue weighted by Crippen LogP contribution is 2.29. The first kappa shape index (κ1) is 21.8. The first-order valence-corrected chi connectivity index (χ1v) is 12.7. The molecule has 0 bridgehead atoms.